The highest BCUT2D eigenvalue weighted by molar-refractivity contribution is 8.00. The van der Waals surface area contributed by atoms with Crippen molar-refractivity contribution in [3.63, 3.8) is 0 Å². The fourth-order valence-electron chi connectivity index (χ4n) is 3.22. The van der Waals surface area contributed by atoms with Crippen molar-refractivity contribution in [3.05, 3.63) is 29.8 Å². The van der Waals surface area contributed by atoms with Gasteiger partial charge in [0.25, 0.3) is 0 Å². The number of carbonyl (C=O) groups is 3. The molecule has 3 rings (SSSR count). The van der Waals surface area contributed by atoms with E-state index >= 15 is 0 Å². The second-order valence-electron chi connectivity index (χ2n) is 6.36. The molecule has 2 heterocycles. The molecule has 0 radical (unpaired) electrons. The molecule has 1 aromatic rings. The molecule has 3 atom stereocenters. The van der Waals surface area contributed by atoms with Gasteiger partial charge in [0.05, 0.1) is 12.1 Å². The zero-order valence-electron chi connectivity index (χ0n) is 13.8. The second kappa shape index (κ2) is 7.77. The van der Waals surface area contributed by atoms with E-state index in [1.165, 1.54) is 0 Å². The minimum atomic E-state index is -0.487. The smallest absolute Gasteiger partial charge is 0.315 e. The lowest BCUT2D eigenvalue weighted by Crippen LogP contribution is -2.36. The summed E-state index contributed by atoms with van der Waals surface area (Å²) in [6.07, 6.45) is 3.20. The molecule has 2 fully saturated rings. The van der Waals surface area contributed by atoms with Gasteiger partial charge >= 0.3 is 6.03 Å². The molecule has 8 heteroatoms. The molecule has 0 aliphatic carbocycles. The molecule has 0 bridgehead atoms. The highest BCUT2D eigenvalue weighted by Crippen LogP contribution is 2.33. The van der Waals surface area contributed by atoms with Crippen LogP contribution in [0.2, 0.25) is 0 Å². The fraction of sp³-hybridized carbons (Fsp3) is 0.471. The summed E-state index contributed by atoms with van der Waals surface area (Å²) in [5.41, 5.74) is 6.25. The van der Waals surface area contributed by atoms with Crippen LogP contribution in [0.3, 0.4) is 0 Å². The molecule has 4 amide bonds. The molecule has 0 saturated carbocycles. The lowest BCUT2D eigenvalue weighted by Gasteiger charge is -2.16. The van der Waals surface area contributed by atoms with Crippen molar-refractivity contribution in [1.82, 2.24) is 10.6 Å². The third kappa shape index (κ3) is 4.45. The lowest BCUT2D eigenvalue weighted by molar-refractivity contribution is -0.116. The largest absolute Gasteiger partial charge is 0.366 e. The number of hydrogen-bond donors (Lipinski definition) is 4. The summed E-state index contributed by atoms with van der Waals surface area (Å²) >= 11 is 1.89. The SMILES string of the molecule is NC(=O)c1ccc(NC(=O)CCCC[C@@H]2SC[C@@H]3NC(=O)N[C@H]32)cc1. The zero-order valence-corrected chi connectivity index (χ0v) is 14.6. The number of nitrogens with one attached hydrogen (secondary N) is 3. The normalized spacial score (nSPS) is 24.3. The number of urea groups is 1. The summed E-state index contributed by atoms with van der Waals surface area (Å²) in [6.45, 7) is 0. The third-order valence-electron chi connectivity index (χ3n) is 4.53. The van der Waals surface area contributed by atoms with Crippen LogP contribution < -0.4 is 21.7 Å². The van der Waals surface area contributed by atoms with Crippen molar-refractivity contribution in [2.75, 3.05) is 11.1 Å². The standard InChI is InChI=1S/C17H22N4O3S/c18-16(23)10-5-7-11(8-6-10)19-14(22)4-2-1-3-13-15-12(9-25-13)20-17(24)21-15/h5-8,12-13,15H,1-4,9H2,(H2,18,23)(H,19,22)(H2,20,21,24)/t12-,13-,15+/m0/s1. The first-order valence-corrected chi connectivity index (χ1v) is 9.46. The average Bonchev–Trinajstić information content (AvgIpc) is 3.11. The van der Waals surface area contributed by atoms with Crippen LogP contribution in [-0.2, 0) is 4.79 Å². The van der Waals surface area contributed by atoms with E-state index in [1.54, 1.807) is 24.3 Å². The van der Waals surface area contributed by atoms with Gasteiger partial charge in [0.15, 0.2) is 0 Å². The number of unbranched alkanes of at least 4 members (excludes halogenated alkanes) is 1. The number of anilines is 1. The zero-order chi connectivity index (χ0) is 17.8. The Bertz CT molecular complexity index is 664. The van der Waals surface area contributed by atoms with E-state index in [0.29, 0.717) is 22.9 Å². The van der Waals surface area contributed by atoms with Gasteiger partial charge in [0.1, 0.15) is 0 Å². The van der Waals surface area contributed by atoms with E-state index < -0.39 is 5.91 Å². The Morgan fingerprint density at radius 3 is 2.68 bits per heavy atom. The van der Waals surface area contributed by atoms with Crippen molar-refractivity contribution in [1.29, 1.82) is 0 Å². The number of hydrogen-bond acceptors (Lipinski definition) is 4. The molecule has 134 valence electrons. The lowest BCUT2D eigenvalue weighted by atomic mass is 10.0. The minimum Gasteiger partial charge on any atom is -0.366 e. The van der Waals surface area contributed by atoms with Gasteiger partial charge in [0.2, 0.25) is 11.8 Å². The number of thioether (sulfide) groups is 1. The number of amides is 4. The summed E-state index contributed by atoms with van der Waals surface area (Å²) in [7, 11) is 0. The van der Waals surface area contributed by atoms with Gasteiger partial charge in [0, 0.05) is 28.7 Å². The van der Waals surface area contributed by atoms with E-state index in [0.717, 1.165) is 25.0 Å². The molecule has 5 N–H and O–H groups in total. The number of benzene rings is 1. The average molecular weight is 362 g/mol. The van der Waals surface area contributed by atoms with E-state index in [2.05, 4.69) is 16.0 Å². The Balaban J connectivity index is 1.35. The highest BCUT2D eigenvalue weighted by atomic mass is 32.2. The number of nitrogens with two attached hydrogens (primary N) is 1. The van der Waals surface area contributed by atoms with Crippen LogP contribution in [0.15, 0.2) is 24.3 Å². The maximum Gasteiger partial charge on any atom is 0.315 e. The van der Waals surface area contributed by atoms with E-state index in [4.69, 9.17) is 5.73 Å². The van der Waals surface area contributed by atoms with E-state index in [1.807, 2.05) is 11.8 Å². The van der Waals surface area contributed by atoms with Crippen LogP contribution in [0.4, 0.5) is 10.5 Å². The van der Waals surface area contributed by atoms with Crippen LogP contribution in [0.1, 0.15) is 36.0 Å². The van der Waals surface area contributed by atoms with E-state index in [-0.39, 0.29) is 24.0 Å². The summed E-state index contributed by atoms with van der Waals surface area (Å²) in [4.78, 5) is 34.3. The van der Waals surface area contributed by atoms with Gasteiger partial charge in [-0.05, 0) is 37.1 Å². The molecule has 1 aromatic carbocycles. The molecule has 2 aliphatic rings. The molecule has 0 unspecified atom stereocenters. The van der Waals surface area contributed by atoms with Crippen molar-refractivity contribution in [2.45, 2.75) is 43.0 Å². The predicted molar refractivity (Wildman–Crippen MR) is 97.5 cm³/mol. The number of fused-ring (bicyclic) bond motifs is 1. The maximum absolute atomic E-state index is 12.0. The van der Waals surface area contributed by atoms with Gasteiger partial charge in [-0.1, -0.05) is 6.42 Å². The number of carbonyl (C=O) groups excluding carboxylic acids is 3. The quantitative estimate of drug-likeness (QED) is 0.434. The molecule has 0 aromatic heterocycles. The Labute approximate surface area is 150 Å². The van der Waals surface area contributed by atoms with Gasteiger partial charge in [-0.25, -0.2) is 4.79 Å². The Hall–Kier alpha value is -2.22. The maximum atomic E-state index is 12.0. The van der Waals surface area contributed by atoms with Crippen molar-refractivity contribution in [2.24, 2.45) is 5.73 Å². The van der Waals surface area contributed by atoms with Gasteiger partial charge in [-0.3, -0.25) is 9.59 Å². The summed E-state index contributed by atoms with van der Waals surface area (Å²) in [6, 6.07) is 6.92. The van der Waals surface area contributed by atoms with Crippen molar-refractivity contribution >= 4 is 35.3 Å². The van der Waals surface area contributed by atoms with Crippen LogP contribution >= 0.6 is 11.8 Å². The summed E-state index contributed by atoms with van der Waals surface area (Å²) < 4.78 is 0. The molecule has 2 saturated heterocycles. The molecule has 25 heavy (non-hydrogen) atoms. The van der Waals surface area contributed by atoms with Gasteiger partial charge in [-0.2, -0.15) is 11.8 Å². The molecular formula is C17H22N4O3S. The first-order chi connectivity index (χ1) is 12.0. The molecule has 2 aliphatic heterocycles. The Morgan fingerprint density at radius 1 is 1.20 bits per heavy atom. The first-order valence-electron chi connectivity index (χ1n) is 8.41. The Morgan fingerprint density at radius 2 is 1.96 bits per heavy atom. The minimum absolute atomic E-state index is 0.0420. The van der Waals surface area contributed by atoms with Crippen molar-refractivity contribution in [3.8, 4) is 0 Å². The fourth-order valence-corrected chi connectivity index (χ4v) is 4.76. The van der Waals surface area contributed by atoms with Gasteiger partial charge in [-0.15, -0.1) is 0 Å². The molecule has 7 nitrogen and oxygen atoms in total. The first kappa shape index (κ1) is 17.6. The summed E-state index contributed by atoms with van der Waals surface area (Å²) in [5.74, 6) is 0.425. The van der Waals surface area contributed by atoms with Gasteiger partial charge < -0.3 is 21.7 Å². The number of primary amides is 1. The third-order valence-corrected chi connectivity index (χ3v) is 6.04. The summed E-state index contributed by atoms with van der Waals surface area (Å²) in [5, 5.41) is 9.15. The molecule has 0 spiro atoms. The predicted octanol–water partition coefficient (Wildman–Crippen LogP) is 1.45. The monoisotopic (exact) mass is 362 g/mol. The number of rotatable bonds is 7. The second-order valence-corrected chi connectivity index (χ2v) is 7.63. The van der Waals surface area contributed by atoms with Crippen LogP contribution in [-0.4, -0.2) is 40.9 Å². The highest BCUT2D eigenvalue weighted by Gasteiger charge is 2.42. The molecular weight excluding hydrogens is 340 g/mol. The van der Waals surface area contributed by atoms with E-state index in [9.17, 15) is 14.4 Å². The topological polar surface area (TPSA) is 113 Å². The Kier molecular flexibility index (Phi) is 5.47. The van der Waals surface area contributed by atoms with Crippen LogP contribution in [0.5, 0.6) is 0 Å². The van der Waals surface area contributed by atoms with Crippen molar-refractivity contribution < 1.29 is 14.4 Å². The van der Waals surface area contributed by atoms with Crippen LogP contribution in [0, 0.1) is 0 Å². The van der Waals surface area contributed by atoms with Crippen LogP contribution in [0.25, 0.3) is 0 Å².